The van der Waals surface area contributed by atoms with Crippen LogP contribution < -0.4 is 0 Å². The summed E-state index contributed by atoms with van der Waals surface area (Å²) in [5.41, 5.74) is 1.17. The minimum Gasteiger partial charge on any atom is -0.303 e. The Kier molecular flexibility index (Phi) is 4.70. The number of ketones is 1. The molecule has 2 nitrogen and oxygen atoms in total. The van der Waals surface area contributed by atoms with E-state index < -0.39 is 0 Å². The van der Waals surface area contributed by atoms with Gasteiger partial charge in [0.15, 0.2) is 5.78 Å². The Hall–Kier alpha value is -1.22. The lowest BCUT2D eigenvalue weighted by atomic mass is 9.99. The van der Waals surface area contributed by atoms with Crippen molar-refractivity contribution in [1.82, 2.24) is 4.90 Å². The number of benzene rings is 1. The van der Waals surface area contributed by atoms with Gasteiger partial charge in [-0.25, -0.2) is 4.39 Å². The van der Waals surface area contributed by atoms with E-state index in [1.807, 2.05) is 0 Å². The molecule has 1 aliphatic heterocycles. The summed E-state index contributed by atoms with van der Waals surface area (Å²) in [4.78, 5) is 14.4. The number of nitrogens with zero attached hydrogens (tertiary/aromatic N) is 1. The maximum Gasteiger partial charge on any atom is 0.164 e. The van der Waals surface area contributed by atoms with Crippen molar-refractivity contribution >= 4 is 5.78 Å². The van der Waals surface area contributed by atoms with Gasteiger partial charge >= 0.3 is 0 Å². The lowest BCUT2D eigenvalue weighted by Crippen LogP contribution is -2.35. The quantitative estimate of drug-likeness (QED) is 0.776. The molecular weight excluding hydrogens is 241 g/mol. The van der Waals surface area contributed by atoms with Gasteiger partial charge in [-0.3, -0.25) is 4.79 Å². The van der Waals surface area contributed by atoms with Crippen molar-refractivity contribution in [3.63, 3.8) is 0 Å². The lowest BCUT2D eigenvalue weighted by molar-refractivity contribution is 0.0949. The van der Waals surface area contributed by atoms with Gasteiger partial charge in [0.05, 0.1) is 0 Å². The highest BCUT2D eigenvalue weighted by Gasteiger charge is 2.17. The second-order valence-electron chi connectivity index (χ2n) is 5.69. The number of Topliss-reactive ketones (excluding diaryl/α,β-unsaturated/α-hetero) is 1. The molecule has 0 bridgehead atoms. The van der Waals surface area contributed by atoms with Gasteiger partial charge in [0, 0.05) is 25.1 Å². The van der Waals surface area contributed by atoms with Crippen molar-refractivity contribution in [2.24, 2.45) is 5.92 Å². The van der Waals surface area contributed by atoms with Crippen LogP contribution in [0.1, 0.15) is 42.1 Å². The first-order valence-electron chi connectivity index (χ1n) is 7.08. The molecule has 0 spiro atoms. The van der Waals surface area contributed by atoms with Crippen LogP contribution in [0.5, 0.6) is 0 Å². The van der Waals surface area contributed by atoms with E-state index in [1.54, 1.807) is 19.1 Å². The largest absolute Gasteiger partial charge is 0.303 e. The summed E-state index contributed by atoms with van der Waals surface area (Å²) in [6.07, 6.45) is 3.05. The van der Waals surface area contributed by atoms with Crippen LogP contribution in [-0.4, -0.2) is 30.3 Å². The lowest BCUT2D eigenvalue weighted by Gasteiger charge is -2.30. The zero-order valence-corrected chi connectivity index (χ0v) is 11.8. The summed E-state index contributed by atoms with van der Waals surface area (Å²) in [6, 6.07) is 4.62. The third-order valence-corrected chi connectivity index (χ3v) is 3.88. The van der Waals surface area contributed by atoms with Gasteiger partial charge in [0.25, 0.3) is 0 Å². The fourth-order valence-electron chi connectivity index (χ4n) is 2.71. The van der Waals surface area contributed by atoms with Gasteiger partial charge in [-0.05, 0) is 56.0 Å². The number of hydrogen-bond donors (Lipinski definition) is 0. The van der Waals surface area contributed by atoms with Crippen LogP contribution in [-0.2, 0) is 0 Å². The monoisotopic (exact) mass is 263 g/mol. The minimum atomic E-state index is -0.249. The number of piperidine rings is 1. The molecule has 104 valence electrons. The first-order valence-corrected chi connectivity index (χ1v) is 7.08. The molecule has 19 heavy (non-hydrogen) atoms. The Morgan fingerprint density at radius 2 is 2.26 bits per heavy atom. The van der Waals surface area contributed by atoms with Crippen LogP contribution in [0, 0.1) is 18.7 Å². The highest BCUT2D eigenvalue weighted by molar-refractivity contribution is 5.96. The van der Waals surface area contributed by atoms with E-state index in [4.69, 9.17) is 0 Å². The molecule has 1 aromatic carbocycles. The summed E-state index contributed by atoms with van der Waals surface area (Å²) < 4.78 is 13.2. The molecule has 0 amide bonds. The molecule has 1 atom stereocenters. The first kappa shape index (κ1) is 14.2. The molecule has 1 heterocycles. The predicted molar refractivity (Wildman–Crippen MR) is 74.9 cm³/mol. The highest BCUT2D eigenvalue weighted by atomic mass is 19.1. The van der Waals surface area contributed by atoms with Crippen molar-refractivity contribution in [3.8, 4) is 0 Å². The Bertz CT molecular complexity index is 458. The number of carbonyl (C=O) groups excluding carboxylic acids is 1. The van der Waals surface area contributed by atoms with Crippen LogP contribution in [0.15, 0.2) is 18.2 Å². The van der Waals surface area contributed by atoms with Crippen molar-refractivity contribution < 1.29 is 9.18 Å². The van der Waals surface area contributed by atoms with Crippen molar-refractivity contribution in [2.45, 2.75) is 33.1 Å². The van der Waals surface area contributed by atoms with Crippen LogP contribution in [0.3, 0.4) is 0 Å². The Balaban J connectivity index is 1.88. The fraction of sp³-hybridized carbons (Fsp3) is 0.562. The van der Waals surface area contributed by atoms with Crippen LogP contribution in [0.4, 0.5) is 4.39 Å². The first-order chi connectivity index (χ1) is 9.06. The van der Waals surface area contributed by atoms with Gasteiger partial charge in [0.1, 0.15) is 5.82 Å². The van der Waals surface area contributed by atoms with Gasteiger partial charge in [0.2, 0.25) is 0 Å². The number of hydrogen-bond acceptors (Lipinski definition) is 2. The van der Waals surface area contributed by atoms with E-state index in [-0.39, 0.29) is 11.6 Å². The van der Waals surface area contributed by atoms with E-state index in [9.17, 15) is 9.18 Å². The molecule has 0 N–H and O–H groups in total. The minimum absolute atomic E-state index is 0.112. The zero-order valence-electron chi connectivity index (χ0n) is 11.8. The molecule has 0 saturated carbocycles. The molecule has 1 unspecified atom stereocenters. The molecule has 1 aliphatic rings. The summed E-state index contributed by atoms with van der Waals surface area (Å²) in [7, 11) is 0. The zero-order chi connectivity index (χ0) is 13.8. The highest BCUT2D eigenvalue weighted by Crippen LogP contribution is 2.16. The standard InChI is InChI=1S/C16H22FNO/c1-12-4-3-8-18(11-12)9-7-16(19)14-5-6-15(17)13(2)10-14/h5-6,10,12H,3-4,7-9,11H2,1-2H3. The average Bonchev–Trinajstić information content (AvgIpc) is 2.39. The third-order valence-electron chi connectivity index (χ3n) is 3.88. The number of aryl methyl sites for hydroxylation is 1. The number of carbonyl (C=O) groups is 1. The maximum atomic E-state index is 13.2. The molecular formula is C16H22FNO. The van der Waals surface area contributed by atoms with Crippen molar-refractivity contribution in [1.29, 1.82) is 0 Å². The summed E-state index contributed by atoms with van der Waals surface area (Å²) in [5.74, 6) is 0.597. The molecule has 1 saturated heterocycles. The van der Waals surface area contributed by atoms with Crippen LogP contribution in [0.2, 0.25) is 0 Å². The average molecular weight is 263 g/mol. The molecule has 0 radical (unpaired) electrons. The van der Waals surface area contributed by atoms with Crippen molar-refractivity contribution in [2.75, 3.05) is 19.6 Å². The van der Waals surface area contributed by atoms with E-state index in [2.05, 4.69) is 11.8 Å². The van der Waals surface area contributed by atoms with Gasteiger partial charge < -0.3 is 4.90 Å². The predicted octanol–water partition coefficient (Wildman–Crippen LogP) is 3.44. The number of halogens is 1. The molecule has 0 aliphatic carbocycles. The smallest absolute Gasteiger partial charge is 0.164 e. The van der Waals surface area contributed by atoms with Crippen molar-refractivity contribution in [3.05, 3.63) is 35.1 Å². The molecule has 1 aromatic rings. The summed E-state index contributed by atoms with van der Waals surface area (Å²) in [6.45, 7) is 6.96. The van der Waals surface area contributed by atoms with E-state index >= 15 is 0 Å². The Labute approximate surface area is 114 Å². The molecule has 3 heteroatoms. The SMILES string of the molecule is Cc1cc(C(=O)CCN2CCCC(C)C2)ccc1F. The van der Waals surface area contributed by atoms with Crippen LogP contribution in [0.25, 0.3) is 0 Å². The summed E-state index contributed by atoms with van der Waals surface area (Å²) >= 11 is 0. The van der Waals surface area contributed by atoms with E-state index in [1.165, 1.54) is 18.9 Å². The van der Waals surface area contributed by atoms with Crippen LogP contribution >= 0.6 is 0 Å². The topological polar surface area (TPSA) is 20.3 Å². The second kappa shape index (κ2) is 6.29. The summed E-state index contributed by atoms with van der Waals surface area (Å²) in [5, 5.41) is 0. The molecule has 2 rings (SSSR count). The van der Waals surface area contributed by atoms with E-state index in [0.29, 0.717) is 17.5 Å². The molecule has 1 fully saturated rings. The Morgan fingerprint density at radius 1 is 1.47 bits per heavy atom. The second-order valence-corrected chi connectivity index (χ2v) is 5.69. The van der Waals surface area contributed by atoms with Gasteiger partial charge in [-0.2, -0.15) is 0 Å². The Morgan fingerprint density at radius 3 is 2.95 bits per heavy atom. The fourth-order valence-corrected chi connectivity index (χ4v) is 2.71. The third kappa shape index (κ3) is 3.87. The molecule has 0 aromatic heterocycles. The van der Waals surface area contributed by atoms with E-state index in [0.717, 1.165) is 25.6 Å². The number of likely N-dealkylation sites (tertiary alicyclic amines) is 1. The number of rotatable bonds is 4. The normalized spacial score (nSPS) is 20.5. The van der Waals surface area contributed by atoms with Gasteiger partial charge in [-0.1, -0.05) is 6.92 Å². The maximum absolute atomic E-state index is 13.2. The van der Waals surface area contributed by atoms with Gasteiger partial charge in [-0.15, -0.1) is 0 Å².